The fourth-order valence-corrected chi connectivity index (χ4v) is 3.46. The number of benzene rings is 2. The molecule has 0 unspecified atom stereocenters. The van der Waals surface area contributed by atoms with Gasteiger partial charge >= 0.3 is 0 Å². The van der Waals surface area contributed by atoms with Crippen LogP contribution in [0.2, 0.25) is 5.02 Å². The van der Waals surface area contributed by atoms with Gasteiger partial charge in [0, 0.05) is 28.5 Å². The SMILES string of the molecule is C=C(N=C(/C(=C\N)CCC)c1ccc(Cl)cc1)Nc1ccc(-n2cnc(C)c2)c(OC)c1. The van der Waals surface area contributed by atoms with E-state index in [1.165, 1.54) is 0 Å². The summed E-state index contributed by atoms with van der Waals surface area (Å²) in [6.45, 7) is 8.15. The molecule has 0 aliphatic carbocycles. The molecule has 1 heterocycles. The van der Waals surface area contributed by atoms with Gasteiger partial charge in [-0.2, -0.15) is 0 Å². The van der Waals surface area contributed by atoms with Crippen LogP contribution in [0.3, 0.4) is 0 Å². The molecule has 0 saturated heterocycles. The van der Waals surface area contributed by atoms with Crippen molar-refractivity contribution in [3.8, 4) is 11.4 Å². The molecule has 0 saturated carbocycles. The van der Waals surface area contributed by atoms with Crippen molar-refractivity contribution in [3.05, 3.63) is 95.4 Å². The van der Waals surface area contributed by atoms with E-state index in [1.807, 2.05) is 60.2 Å². The average Bonchev–Trinajstić information content (AvgIpc) is 3.22. The maximum Gasteiger partial charge on any atom is 0.144 e. The summed E-state index contributed by atoms with van der Waals surface area (Å²) in [6.07, 6.45) is 7.06. The number of methoxy groups -OCH3 is 1. The molecule has 166 valence electrons. The average molecular weight is 450 g/mol. The van der Waals surface area contributed by atoms with E-state index < -0.39 is 0 Å². The molecule has 0 radical (unpaired) electrons. The minimum atomic E-state index is 0.485. The number of halogens is 1. The highest BCUT2D eigenvalue weighted by Gasteiger charge is 2.12. The van der Waals surface area contributed by atoms with Crippen LogP contribution in [0.5, 0.6) is 5.75 Å². The van der Waals surface area contributed by atoms with E-state index in [2.05, 4.69) is 23.8 Å². The number of allylic oxidation sites excluding steroid dienone is 1. The van der Waals surface area contributed by atoms with Crippen molar-refractivity contribution in [2.24, 2.45) is 10.7 Å². The number of ether oxygens (including phenoxy) is 1. The van der Waals surface area contributed by atoms with E-state index in [-0.39, 0.29) is 0 Å². The molecule has 0 fully saturated rings. The van der Waals surface area contributed by atoms with E-state index in [9.17, 15) is 0 Å². The first-order valence-corrected chi connectivity index (χ1v) is 10.7. The largest absolute Gasteiger partial charge is 0.494 e. The number of rotatable bonds is 9. The van der Waals surface area contributed by atoms with Crippen LogP contribution in [-0.2, 0) is 0 Å². The van der Waals surface area contributed by atoms with Crippen LogP contribution in [0.4, 0.5) is 5.69 Å². The molecule has 32 heavy (non-hydrogen) atoms. The first-order chi connectivity index (χ1) is 15.4. The lowest BCUT2D eigenvalue weighted by Crippen LogP contribution is -2.10. The zero-order valence-corrected chi connectivity index (χ0v) is 19.4. The molecule has 0 bridgehead atoms. The van der Waals surface area contributed by atoms with Gasteiger partial charge in [0.25, 0.3) is 0 Å². The Morgan fingerprint density at radius 3 is 2.62 bits per heavy atom. The number of nitrogens with zero attached hydrogens (tertiary/aromatic N) is 3. The number of aliphatic imine (C=N–C) groups is 1. The lowest BCUT2D eigenvalue weighted by molar-refractivity contribution is 0.413. The van der Waals surface area contributed by atoms with Crippen molar-refractivity contribution in [1.82, 2.24) is 9.55 Å². The van der Waals surface area contributed by atoms with Crippen LogP contribution >= 0.6 is 11.6 Å². The standard InChI is InChI=1S/C25H28ClN5O/c1-5-6-20(14-27)25(19-7-9-21(26)10-8-19)30-18(3)29-22-11-12-23(24(13-22)32-4)31-15-17(2)28-16-31/h7-16,29H,3,5-6,27H2,1-2,4H3/b20-14-,30-25?. The summed E-state index contributed by atoms with van der Waals surface area (Å²) in [5, 5.41) is 3.92. The summed E-state index contributed by atoms with van der Waals surface area (Å²) in [7, 11) is 1.64. The highest BCUT2D eigenvalue weighted by molar-refractivity contribution is 6.30. The molecule has 0 aliphatic heterocycles. The normalized spacial score (nSPS) is 12.0. The molecule has 0 amide bonds. The number of aromatic nitrogens is 2. The lowest BCUT2D eigenvalue weighted by Gasteiger charge is -2.15. The van der Waals surface area contributed by atoms with Crippen molar-refractivity contribution >= 4 is 23.0 Å². The quantitative estimate of drug-likeness (QED) is 0.401. The molecule has 2 aromatic carbocycles. The third kappa shape index (κ3) is 5.59. The van der Waals surface area contributed by atoms with Gasteiger partial charge in [0.1, 0.15) is 11.6 Å². The molecule has 3 rings (SSSR count). The van der Waals surface area contributed by atoms with Crippen LogP contribution in [0.15, 0.2) is 84.2 Å². The first-order valence-electron chi connectivity index (χ1n) is 10.4. The Morgan fingerprint density at radius 1 is 1.28 bits per heavy atom. The topological polar surface area (TPSA) is 77.5 Å². The van der Waals surface area contributed by atoms with Gasteiger partial charge in [0.05, 0.1) is 30.5 Å². The van der Waals surface area contributed by atoms with Crippen molar-refractivity contribution in [2.75, 3.05) is 12.4 Å². The molecule has 7 heteroatoms. The van der Waals surface area contributed by atoms with Gasteiger partial charge in [-0.05, 0) is 49.4 Å². The fourth-order valence-electron chi connectivity index (χ4n) is 3.33. The predicted octanol–water partition coefficient (Wildman–Crippen LogP) is 5.86. The Morgan fingerprint density at radius 2 is 2.03 bits per heavy atom. The molecule has 3 aromatic rings. The zero-order chi connectivity index (χ0) is 23.1. The van der Waals surface area contributed by atoms with E-state index in [0.717, 1.165) is 46.8 Å². The van der Waals surface area contributed by atoms with Gasteiger partial charge < -0.3 is 20.4 Å². The second-order valence-electron chi connectivity index (χ2n) is 7.29. The monoisotopic (exact) mass is 449 g/mol. The molecule has 0 atom stereocenters. The molecule has 1 aromatic heterocycles. The van der Waals surface area contributed by atoms with E-state index in [4.69, 9.17) is 27.1 Å². The summed E-state index contributed by atoms with van der Waals surface area (Å²) in [4.78, 5) is 9.05. The van der Waals surface area contributed by atoms with Gasteiger partial charge in [-0.3, -0.25) is 0 Å². The number of nitrogens with one attached hydrogen (secondary N) is 1. The predicted molar refractivity (Wildman–Crippen MR) is 133 cm³/mol. The van der Waals surface area contributed by atoms with Crippen molar-refractivity contribution in [1.29, 1.82) is 0 Å². The van der Waals surface area contributed by atoms with Crippen LogP contribution in [0.1, 0.15) is 31.0 Å². The summed E-state index contributed by atoms with van der Waals surface area (Å²) in [6, 6.07) is 13.3. The molecule has 3 N–H and O–H groups in total. The van der Waals surface area contributed by atoms with E-state index in [1.54, 1.807) is 19.6 Å². The van der Waals surface area contributed by atoms with Crippen LogP contribution < -0.4 is 15.8 Å². The molecular formula is C25H28ClN5O. The third-order valence-electron chi connectivity index (χ3n) is 4.85. The molecular weight excluding hydrogens is 422 g/mol. The second kappa shape index (κ2) is 10.7. The van der Waals surface area contributed by atoms with Crippen molar-refractivity contribution in [2.45, 2.75) is 26.7 Å². The summed E-state index contributed by atoms with van der Waals surface area (Å²) in [5.41, 5.74) is 11.2. The maximum absolute atomic E-state index is 6.06. The minimum absolute atomic E-state index is 0.485. The van der Waals surface area contributed by atoms with Crippen molar-refractivity contribution in [3.63, 3.8) is 0 Å². The van der Waals surface area contributed by atoms with Crippen molar-refractivity contribution < 1.29 is 4.74 Å². The number of nitrogens with two attached hydrogens (primary N) is 1. The third-order valence-corrected chi connectivity index (χ3v) is 5.10. The zero-order valence-electron chi connectivity index (χ0n) is 18.6. The van der Waals surface area contributed by atoms with Crippen LogP contribution in [0.25, 0.3) is 5.69 Å². The molecule has 0 spiro atoms. The fraction of sp³-hybridized carbons (Fsp3) is 0.200. The Bertz CT molecular complexity index is 1150. The summed E-state index contributed by atoms with van der Waals surface area (Å²) < 4.78 is 7.51. The summed E-state index contributed by atoms with van der Waals surface area (Å²) >= 11 is 6.06. The van der Waals surface area contributed by atoms with Gasteiger partial charge in [-0.1, -0.05) is 43.7 Å². The summed E-state index contributed by atoms with van der Waals surface area (Å²) in [5.74, 6) is 1.19. The number of imidazole rings is 1. The smallest absolute Gasteiger partial charge is 0.144 e. The molecule has 6 nitrogen and oxygen atoms in total. The first kappa shape index (κ1) is 23.2. The highest BCUT2D eigenvalue weighted by atomic mass is 35.5. The Hall–Kier alpha value is -3.51. The van der Waals surface area contributed by atoms with Gasteiger partial charge in [-0.25, -0.2) is 9.98 Å². The lowest BCUT2D eigenvalue weighted by atomic mass is 9.99. The Kier molecular flexibility index (Phi) is 7.73. The van der Waals surface area contributed by atoms with Gasteiger partial charge in [0.2, 0.25) is 0 Å². The second-order valence-corrected chi connectivity index (χ2v) is 7.73. The maximum atomic E-state index is 6.06. The van der Waals surface area contributed by atoms with Crippen LogP contribution in [0, 0.1) is 6.92 Å². The number of aryl methyl sites for hydroxylation is 1. The molecule has 0 aliphatic rings. The van der Waals surface area contributed by atoms with Gasteiger partial charge in [0.15, 0.2) is 0 Å². The number of anilines is 1. The van der Waals surface area contributed by atoms with Gasteiger partial charge in [-0.15, -0.1) is 0 Å². The number of hydrogen-bond donors (Lipinski definition) is 2. The Balaban J connectivity index is 1.89. The minimum Gasteiger partial charge on any atom is -0.494 e. The van der Waals surface area contributed by atoms with E-state index in [0.29, 0.717) is 16.6 Å². The van der Waals surface area contributed by atoms with E-state index >= 15 is 0 Å². The van der Waals surface area contributed by atoms with Crippen LogP contribution in [-0.4, -0.2) is 22.4 Å². The number of hydrogen-bond acceptors (Lipinski definition) is 5. The Labute approximate surface area is 194 Å². The highest BCUT2D eigenvalue weighted by Crippen LogP contribution is 2.28.